The van der Waals surface area contributed by atoms with Gasteiger partial charge in [0.1, 0.15) is 6.61 Å². The lowest BCUT2D eigenvalue weighted by Gasteiger charge is -2.19. The number of esters is 3. The first-order chi connectivity index (χ1) is 15.3. The molecule has 2 unspecified atom stereocenters. The molecular weight excluding hydrogens is 420 g/mol. The van der Waals surface area contributed by atoms with E-state index in [-0.39, 0.29) is 17.2 Å². The second-order valence-corrected chi connectivity index (χ2v) is 6.60. The molecule has 0 aliphatic carbocycles. The molecule has 1 N–H and O–H groups in total. The molecule has 170 valence electrons. The highest BCUT2D eigenvalue weighted by Crippen LogP contribution is 2.29. The number of carbonyl (C=O) groups excluding carboxylic acids is 4. The van der Waals surface area contributed by atoms with Crippen LogP contribution in [-0.2, 0) is 23.9 Å². The first kappa shape index (κ1) is 24.3. The Bertz CT molecular complexity index is 977. The van der Waals surface area contributed by atoms with Crippen molar-refractivity contribution in [2.45, 2.75) is 25.8 Å². The van der Waals surface area contributed by atoms with Crippen molar-refractivity contribution in [2.24, 2.45) is 0 Å². The number of hydrogen-bond acceptors (Lipinski definition) is 9. The number of amides is 1. The Balaban J connectivity index is 2.16. The molecule has 0 spiro atoms. The molecule has 32 heavy (non-hydrogen) atoms. The summed E-state index contributed by atoms with van der Waals surface area (Å²) in [6, 6.07) is 9.03. The van der Waals surface area contributed by atoms with Gasteiger partial charge in [-0.2, -0.15) is 0 Å². The van der Waals surface area contributed by atoms with Gasteiger partial charge in [0, 0.05) is 19.2 Å². The minimum atomic E-state index is -1.32. The molecule has 2 atom stereocenters. The second-order valence-electron chi connectivity index (χ2n) is 6.60. The lowest BCUT2D eigenvalue weighted by atomic mass is 10.0. The van der Waals surface area contributed by atoms with Crippen molar-refractivity contribution in [1.29, 1.82) is 0 Å². The van der Waals surface area contributed by atoms with E-state index in [4.69, 9.17) is 18.9 Å². The van der Waals surface area contributed by atoms with Crippen LogP contribution in [0.4, 0.5) is 0 Å². The van der Waals surface area contributed by atoms with Crippen molar-refractivity contribution in [3.8, 4) is 11.5 Å². The van der Waals surface area contributed by atoms with E-state index in [9.17, 15) is 19.2 Å². The molecule has 0 aliphatic heterocycles. The number of nitrogens with zero attached hydrogens (tertiary/aromatic N) is 1. The van der Waals surface area contributed by atoms with E-state index in [0.29, 0.717) is 0 Å². The molecule has 10 nitrogen and oxygen atoms in total. The Hall–Kier alpha value is -3.95. The fourth-order valence-electron chi connectivity index (χ4n) is 2.70. The zero-order valence-electron chi connectivity index (χ0n) is 18.1. The van der Waals surface area contributed by atoms with Gasteiger partial charge in [0.25, 0.3) is 5.91 Å². The zero-order valence-corrected chi connectivity index (χ0v) is 18.1. The molecule has 0 radical (unpaired) electrons. The van der Waals surface area contributed by atoms with Crippen molar-refractivity contribution in [3.63, 3.8) is 0 Å². The molecule has 1 aromatic heterocycles. The van der Waals surface area contributed by atoms with Crippen molar-refractivity contribution in [1.82, 2.24) is 10.3 Å². The van der Waals surface area contributed by atoms with Crippen LogP contribution in [-0.4, -0.2) is 55.7 Å². The van der Waals surface area contributed by atoms with Gasteiger partial charge in [-0.15, -0.1) is 0 Å². The SMILES string of the molecule is COC(=O)C(COC(=O)C(C)c1ccccc1)NC(=O)c1nccc(OC)c1OC(C)=O. The van der Waals surface area contributed by atoms with Gasteiger partial charge in [0.15, 0.2) is 17.5 Å². The van der Waals surface area contributed by atoms with Crippen LogP contribution in [0.1, 0.15) is 35.8 Å². The zero-order chi connectivity index (χ0) is 23.7. The number of methoxy groups -OCH3 is 2. The second kappa shape index (κ2) is 11.4. The highest BCUT2D eigenvalue weighted by Gasteiger charge is 2.28. The summed E-state index contributed by atoms with van der Waals surface area (Å²) < 4.78 is 20.1. The van der Waals surface area contributed by atoms with Gasteiger partial charge in [-0.1, -0.05) is 30.3 Å². The van der Waals surface area contributed by atoms with Gasteiger partial charge in [-0.3, -0.25) is 14.4 Å². The van der Waals surface area contributed by atoms with E-state index >= 15 is 0 Å². The van der Waals surface area contributed by atoms with Crippen LogP contribution in [0.2, 0.25) is 0 Å². The molecule has 0 aliphatic rings. The molecule has 0 bridgehead atoms. The Morgan fingerprint density at radius 2 is 1.72 bits per heavy atom. The highest BCUT2D eigenvalue weighted by atomic mass is 16.6. The molecule has 10 heteroatoms. The van der Waals surface area contributed by atoms with E-state index in [1.165, 1.54) is 19.4 Å². The Labute approximate surface area is 184 Å². The predicted octanol–water partition coefficient (Wildman–Crippen LogP) is 1.63. The lowest BCUT2D eigenvalue weighted by Crippen LogP contribution is -2.45. The standard InChI is InChI=1S/C22H24N2O8/c1-13(15-8-6-5-7-9-15)21(27)31-12-16(22(28)30-4)24-20(26)18-19(32-14(2)25)17(29-3)10-11-23-18/h5-11,13,16H,12H2,1-4H3,(H,24,26). The fraction of sp³-hybridized carbons (Fsp3) is 0.318. The maximum Gasteiger partial charge on any atom is 0.331 e. The summed E-state index contributed by atoms with van der Waals surface area (Å²) in [5, 5.41) is 2.38. The van der Waals surface area contributed by atoms with Gasteiger partial charge in [-0.25, -0.2) is 9.78 Å². The average Bonchev–Trinajstić information content (AvgIpc) is 2.80. The normalized spacial score (nSPS) is 12.1. The average molecular weight is 444 g/mol. The largest absolute Gasteiger partial charge is 0.493 e. The third-order valence-electron chi connectivity index (χ3n) is 4.39. The minimum absolute atomic E-state index is 0.0954. The summed E-state index contributed by atoms with van der Waals surface area (Å²) in [5.41, 5.74) is 0.445. The number of pyridine rings is 1. The lowest BCUT2D eigenvalue weighted by molar-refractivity contribution is -0.151. The maximum absolute atomic E-state index is 12.8. The van der Waals surface area contributed by atoms with Gasteiger partial charge < -0.3 is 24.3 Å². The van der Waals surface area contributed by atoms with Crippen LogP contribution in [0.25, 0.3) is 0 Å². The third kappa shape index (κ3) is 6.27. The number of benzene rings is 1. The van der Waals surface area contributed by atoms with Crippen LogP contribution in [0.5, 0.6) is 11.5 Å². The van der Waals surface area contributed by atoms with Gasteiger partial charge in [0.2, 0.25) is 5.75 Å². The van der Waals surface area contributed by atoms with Crippen LogP contribution in [0.3, 0.4) is 0 Å². The number of nitrogens with one attached hydrogen (secondary N) is 1. The molecule has 2 rings (SSSR count). The van der Waals surface area contributed by atoms with Crippen LogP contribution in [0, 0.1) is 0 Å². The Morgan fingerprint density at radius 3 is 2.31 bits per heavy atom. The molecule has 0 saturated heterocycles. The molecule has 0 saturated carbocycles. The van der Waals surface area contributed by atoms with Crippen LogP contribution >= 0.6 is 0 Å². The molecule has 1 amide bonds. The molecule has 2 aromatic rings. The van der Waals surface area contributed by atoms with E-state index in [0.717, 1.165) is 19.6 Å². The van der Waals surface area contributed by atoms with Crippen molar-refractivity contribution < 1.29 is 38.1 Å². The first-order valence-corrected chi connectivity index (χ1v) is 9.60. The number of carbonyl (C=O) groups is 4. The summed E-state index contributed by atoms with van der Waals surface area (Å²) >= 11 is 0. The summed E-state index contributed by atoms with van der Waals surface area (Å²) in [5.74, 6) is -3.67. The maximum atomic E-state index is 12.8. The minimum Gasteiger partial charge on any atom is -0.493 e. The van der Waals surface area contributed by atoms with E-state index < -0.39 is 42.4 Å². The predicted molar refractivity (Wildman–Crippen MR) is 111 cm³/mol. The molecule has 1 aromatic carbocycles. The van der Waals surface area contributed by atoms with Crippen molar-refractivity contribution in [2.75, 3.05) is 20.8 Å². The van der Waals surface area contributed by atoms with Crippen molar-refractivity contribution >= 4 is 23.8 Å². The number of rotatable bonds is 9. The summed E-state index contributed by atoms with van der Waals surface area (Å²) in [4.78, 5) is 52.7. The third-order valence-corrected chi connectivity index (χ3v) is 4.39. The van der Waals surface area contributed by atoms with Crippen molar-refractivity contribution in [3.05, 3.63) is 53.9 Å². The van der Waals surface area contributed by atoms with E-state index in [1.807, 2.05) is 6.07 Å². The Kier molecular flexibility index (Phi) is 8.70. The number of ether oxygens (including phenoxy) is 4. The van der Waals surface area contributed by atoms with E-state index in [1.54, 1.807) is 31.2 Å². The first-order valence-electron chi connectivity index (χ1n) is 9.60. The number of hydrogen-bond donors (Lipinski definition) is 1. The van der Waals surface area contributed by atoms with Gasteiger partial charge in [-0.05, 0) is 12.5 Å². The smallest absolute Gasteiger partial charge is 0.331 e. The topological polar surface area (TPSA) is 130 Å². The molecule has 0 fully saturated rings. The highest BCUT2D eigenvalue weighted by molar-refractivity contribution is 5.98. The fourth-order valence-corrected chi connectivity index (χ4v) is 2.70. The summed E-state index contributed by atoms with van der Waals surface area (Å²) in [6.07, 6.45) is 1.27. The monoisotopic (exact) mass is 444 g/mol. The van der Waals surface area contributed by atoms with Gasteiger partial charge in [0.05, 0.1) is 20.1 Å². The molecular formula is C22H24N2O8. The summed E-state index contributed by atoms with van der Waals surface area (Å²) in [7, 11) is 2.46. The van der Waals surface area contributed by atoms with Crippen LogP contribution in [0.15, 0.2) is 42.6 Å². The Morgan fingerprint density at radius 1 is 1.03 bits per heavy atom. The van der Waals surface area contributed by atoms with Gasteiger partial charge >= 0.3 is 17.9 Å². The van der Waals surface area contributed by atoms with Crippen LogP contribution < -0.4 is 14.8 Å². The quantitative estimate of drug-likeness (QED) is 0.574. The summed E-state index contributed by atoms with van der Waals surface area (Å²) in [6.45, 7) is 2.34. The number of aromatic nitrogens is 1. The molecule has 1 heterocycles. The van der Waals surface area contributed by atoms with E-state index in [2.05, 4.69) is 10.3 Å².